The van der Waals surface area contributed by atoms with E-state index in [0.717, 1.165) is 0 Å². The van der Waals surface area contributed by atoms with Crippen molar-refractivity contribution < 1.29 is 19.8 Å². The molecule has 0 aromatic heterocycles. The molecule has 0 fully saturated rings. The molecule has 0 saturated carbocycles. The van der Waals surface area contributed by atoms with E-state index < -0.39 is 11.9 Å². The first kappa shape index (κ1) is 11.6. The highest BCUT2D eigenvalue weighted by molar-refractivity contribution is 5.99. The minimum atomic E-state index is -0.967. The Balaban J connectivity index is 2.84. The van der Waals surface area contributed by atoms with Crippen LogP contribution in [-0.4, -0.2) is 22.2 Å². The normalized spacial score (nSPS) is 17.2. The van der Waals surface area contributed by atoms with Crippen LogP contribution in [0, 0.1) is 13.8 Å². The van der Waals surface area contributed by atoms with E-state index in [1.807, 2.05) is 6.92 Å². The number of carboxylic acids is 2. The van der Waals surface area contributed by atoms with Gasteiger partial charge in [-0.1, -0.05) is 6.92 Å². The molecule has 1 aliphatic rings. The summed E-state index contributed by atoms with van der Waals surface area (Å²) in [4.78, 5) is 22.5. The molecule has 0 bridgehead atoms. The molecule has 0 amide bonds. The Hall–Kier alpha value is -1.84. The first-order valence-electron chi connectivity index (χ1n) is 5.48. The second-order valence-corrected chi connectivity index (χ2v) is 4.61. The minimum absolute atomic E-state index is 0.133. The van der Waals surface area contributed by atoms with Gasteiger partial charge in [0.15, 0.2) is 0 Å². The van der Waals surface area contributed by atoms with E-state index >= 15 is 0 Å². The van der Waals surface area contributed by atoms with E-state index in [9.17, 15) is 19.8 Å². The highest BCUT2D eigenvalue weighted by Gasteiger charge is 2.35. The van der Waals surface area contributed by atoms with Crippen molar-refractivity contribution in [2.75, 3.05) is 0 Å². The van der Waals surface area contributed by atoms with Crippen molar-refractivity contribution >= 4 is 11.9 Å². The zero-order valence-electron chi connectivity index (χ0n) is 10.00. The third kappa shape index (κ3) is 1.44. The third-order valence-corrected chi connectivity index (χ3v) is 3.64. The molecule has 2 N–H and O–H groups in total. The van der Waals surface area contributed by atoms with E-state index in [0.29, 0.717) is 39.8 Å². The quantitative estimate of drug-likeness (QED) is 0.823. The molecule has 17 heavy (non-hydrogen) atoms. The third-order valence-electron chi connectivity index (χ3n) is 3.64. The maximum Gasteiger partial charge on any atom is 0.336 e. The van der Waals surface area contributed by atoms with Gasteiger partial charge in [-0.2, -0.15) is 0 Å². The van der Waals surface area contributed by atoms with Gasteiger partial charge < -0.3 is 10.2 Å². The molecule has 2 rings (SSSR count). The van der Waals surface area contributed by atoms with Crippen LogP contribution >= 0.6 is 0 Å². The Morgan fingerprint density at radius 3 is 1.94 bits per heavy atom. The molecule has 0 aliphatic heterocycles. The van der Waals surface area contributed by atoms with Crippen LogP contribution in [0.15, 0.2) is 0 Å². The summed E-state index contributed by atoms with van der Waals surface area (Å²) < 4.78 is 0. The lowest BCUT2D eigenvalue weighted by Crippen LogP contribution is -2.26. The van der Waals surface area contributed by atoms with Gasteiger partial charge >= 0.3 is 11.9 Å². The smallest absolute Gasteiger partial charge is 0.336 e. The maximum absolute atomic E-state index is 11.3. The van der Waals surface area contributed by atoms with Gasteiger partial charge in [-0.3, -0.25) is 0 Å². The monoisotopic (exact) mass is 234 g/mol. The summed E-state index contributed by atoms with van der Waals surface area (Å²) in [6, 6.07) is 0. The summed E-state index contributed by atoms with van der Waals surface area (Å²) >= 11 is 0. The lowest BCUT2D eigenvalue weighted by molar-refractivity contribution is 0.0675. The lowest BCUT2D eigenvalue weighted by Gasteiger charge is -2.32. The van der Waals surface area contributed by atoms with Crippen LogP contribution in [-0.2, 0) is 6.42 Å². The highest BCUT2D eigenvalue weighted by Crippen LogP contribution is 2.42. The maximum atomic E-state index is 11.3. The molecule has 0 saturated heterocycles. The molecule has 1 aromatic carbocycles. The van der Waals surface area contributed by atoms with Crippen LogP contribution in [0.3, 0.4) is 0 Å². The fraction of sp³-hybridized carbons (Fsp3) is 0.385. The molecule has 1 aromatic rings. The van der Waals surface area contributed by atoms with Gasteiger partial charge in [-0.25, -0.2) is 9.59 Å². The van der Waals surface area contributed by atoms with Crippen LogP contribution in [0.1, 0.15) is 55.8 Å². The Morgan fingerprint density at radius 2 is 1.53 bits per heavy atom. The van der Waals surface area contributed by atoms with E-state index in [2.05, 4.69) is 0 Å². The van der Waals surface area contributed by atoms with Crippen molar-refractivity contribution in [3.63, 3.8) is 0 Å². The van der Waals surface area contributed by atoms with Crippen molar-refractivity contribution in [2.24, 2.45) is 0 Å². The molecule has 0 radical (unpaired) electrons. The van der Waals surface area contributed by atoms with E-state index in [-0.39, 0.29) is 5.92 Å². The number of aromatic carboxylic acids is 2. The van der Waals surface area contributed by atoms with Crippen molar-refractivity contribution in [3.8, 4) is 0 Å². The number of fused-ring (bicyclic) bond motifs is 1. The first-order chi connectivity index (χ1) is 7.86. The van der Waals surface area contributed by atoms with Gasteiger partial charge in [-0.15, -0.1) is 0 Å². The molecule has 1 aliphatic carbocycles. The zero-order valence-corrected chi connectivity index (χ0v) is 10.00. The molecule has 4 heteroatoms. The second kappa shape index (κ2) is 3.58. The number of benzene rings is 1. The molecule has 1 atom stereocenters. The zero-order chi connectivity index (χ0) is 12.9. The minimum Gasteiger partial charge on any atom is -0.478 e. The average molecular weight is 234 g/mol. The highest BCUT2D eigenvalue weighted by atomic mass is 16.4. The van der Waals surface area contributed by atoms with Crippen molar-refractivity contribution in [1.82, 2.24) is 0 Å². The van der Waals surface area contributed by atoms with E-state index in [1.165, 1.54) is 0 Å². The number of rotatable bonds is 2. The van der Waals surface area contributed by atoms with Crippen molar-refractivity contribution in [2.45, 2.75) is 33.1 Å². The number of carboxylic acid groups (broad SMARTS) is 2. The largest absolute Gasteiger partial charge is 0.478 e. The Morgan fingerprint density at radius 1 is 1.06 bits per heavy atom. The predicted molar refractivity (Wildman–Crippen MR) is 62.0 cm³/mol. The van der Waals surface area contributed by atoms with Gasteiger partial charge in [-0.05, 0) is 48.4 Å². The molecule has 4 nitrogen and oxygen atoms in total. The van der Waals surface area contributed by atoms with Crippen LogP contribution in [0.5, 0.6) is 0 Å². The van der Waals surface area contributed by atoms with Gasteiger partial charge in [0.1, 0.15) is 0 Å². The predicted octanol–water partition coefficient (Wildman–Crippen LogP) is 2.36. The molecule has 1 unspecified atom stereocenters. The topological polar surface area (TPSA) is 74.6 Å². The summed E-state index contributed by atoms with van der Waals surface area (Å²) in [5, 5.41) is 18.4. The van der Waals surface area contributed by atoms with Crippen LogP contribution < -0.4 is 0 Å². The summed E-state index contributed by atoms with van der Waals surface area (Å²) in [6.07, 6.45) is 0.651. The van der Waals surface area contributed by atoms with Gasteiger partial charge in [0.25, 0.3) is 0 Å². The van der Waals surface area contributed by atoms with Crippen molar-refractivity contribution in [3.05, 3.63) is 33.4 Å². The SMILES string of the molecule is Cc1c(C)c(C(=O)O)c2c(c1C(=O)O)CC2C. The summed E-state index contributed by atoms with van der Waals surface area (Å²) in [5.41, 5.74) is 3.13. The molecular formula is C13H14O4. The number of carbonyl (C=O) groups is 2. The summed E-state index contributed by atoms with van der Waals surface area (Å²) in [6.45, 7) is 5.28. The van der Waals surface area contributed by atoms with Crippen LogP contribution in [0.4, 0.5) is 0 Å². The molecule has 0 heterocycles. The fourth-order valence-corrected chi connectivity index (χ4v) is 2.69. The Labute approximate surface area is 98.9 Å². The molecular weight excluding hydrogens is 220 g/mol. The summed E-state index contributed by atoms with van der Waals surface area (Å²) in [7, 11) is 0. The first-order valence-corrected chi connectivity index (χ1v) is 5.48. The molecule has 90 valence electrons. The van der Waals surface area contributed by atoms with Crippen LogP contribution in [0.2, 0.25) is 0 Å². The van der Waals surface area contributed by atoms with Gasteiger partial charge in [0.2, 0.25) is 0 Å². The lowest BCUT2D eigenvalue weighted by atomic mass is 9.71. The van der Waals surface area contributed by atoms with E-state index in [4.69, 9.17) is 0 Å². The number of hydrogen-bond acceptors (Lipinski definition) is 2. The van der Waals surface area contributed by atoms with Crippen LogP contribution in [0.25, 0.3) is 0 Å². The Bertz CT molecular complexity index is 543. The standard InChI is InChI=1S/C13H14O4/c1-5-4-8-9(5)11(13(16)17)7(3)6(2)10(8)12(14)15/h5H,4H2,1-3H3,(H,14,15)(H,16,17). The summed E-state index contributed by atoms with van der Waals surface area (Å²) in [5.74, 6) is -1.80. The van der Waals surface area contributed by atoms with E-state index in [1.54, 1.807) is 13.8 Å². The van der Waals surface area contributed by atoms with Crippen molar-refractivity contribution in [1.29, 1.82) is 0 Å². The average Bonchev–Trinajstić information content (AvgIpc) is 2.21. The van der Waals surface area contributed by atoms with Gasteiger partial charge in [0.05, 0.1) is 11.1 Å². The fourth-order valence-electron chi connectivity index (χ4n) is 2.69. The molecule has 0 spiro atoms. The second-order valence-electron chi connectivity index (χ2n) is 4.61. The van der Waals surface area contributed by atoms with Gasteiger partial charge in [0, 0.05) is 0 Å². The Kier molecular flexibility index (Phi) is 2.45. The number of hydrogen-bond donors (Lipinski definition) is 2.